The molecule has 0 aliphatic rings. The van der Waals surface area contributed by atoms with Gasteiger partial charge in [-0.25, -0.2) is 4.79 Å². The van der Waals surface area contributed by atoms with E-state index in [4.69, 9.17) is 4.42 Å². The van der Waals surface area contributed by atoms with Crippen molar-refractivity contribution in [2.45, 2.75) is 25.6 Å². The molecule has 0 fully saturated rings. The number of nitrogens with zero attached hydrogens (tertiary/aromatic N) is 2. The van der Waals surface area contributed by atoms with Crippen LogP contribution in [0.25, 0.3) is 11.1 Å². The Morgan fingerprint density at radius 1 is 1.33 bits per heavy atom. The number of hydrogen-bond acceptors (Lipinski definition) is 3. The van der Waals surface area contributed by atoms with Gasteiger partial charge in [0, 0.05) is 19.5 Å². The van der Waals surface area contributed by atoms with Crippen LogP contribution in [0, 0.1) is 0 Å². The molecule has 130 valence electrons. The van der Waals surface area contributed by atoms with E-state index < -0.39 is 24.4 Å². The zero-order valence-corrected chi connectivity index (χ0v) is 12.9. The topological polar surface area (TPSA) is 55.5 Å². The smallest absolute Gasteiger partial charge is 0.408 e. The van der Waals surface area contributed by atoms with E-state index >= 15 is 0 Å². The fraction of sp³-hybridized carbons (Fsp3) is 0.375. The van der Waals surface area contributed by atoms with Crippen molar-refractivity contribution in [3.05, 3.63) is 47.5 Å². The molecule has 0 aliphatic carbocycles. The minimum Gasteiger partial charge on any atom is -0.408 e. The second-order valence-electron chi connectivity index (χ2n) is 5.27. The fourth-order valence-corrected chi connectivity index (χ4v) is 2.40. The zero-order valence-electron chi connectivity index (χ0n) is 12.9. The third-order valence-corrected chi connectivity index (χ3v) is 3.42. The van der Waals surface area contributed by atoms with Gasteiger partial charge in [0.25, 0.3) is 0 Å². The van der Waals surface area contributed by atoms with Crippen LogP contribution in [0.1, 0.15) is 12.8 Å². The van der Waals surface area contributed by atoms with Crippen LogP contribution in [0.2, 0.25) is 0 Å². The van der Waals surface area contributed by atoms with Crippen molar-refractivity contribution in [2.75, 3.05) is 13.1 Å². The van der Waals surface area contributed by atoms with E-state index in [1.165, 1.54) is 10.6 Å². The van der Waals surface area contributed by atoms with E-state index in [2.05, 4.69) is 6.58 Å². The Bertz CT molecular complexity index is 777. The summed E-state index contributed by atoms with van der Waals surface area (Å²) >= 11 is 0. The van der Waals surface area contributed by atoms with Gasteiger partial charge in [-0.1, -0.05) is 18.2 Å². The summed E-state index contributed by atoms with van der Waals surface area (Å²) in [5.74, 6) is -1.19. The monoisotopic (exact) mass is 342 g/mol. The van der Waals surface area contributed by atoms with Gasteiger partial charge in [0.05, 0.1) is 5.52 Å². The summed E-state index contributed by atoms with van der Waals surface area (Å²) in [4.78, 5) is 24.4. The molecule has 0 atom stereocenters. The molecule has 0 aliphatic heterocycles. The van der Waals surface area contributed by atoms with Crippen LogP contribution in [-0.4, -0.2) is 34.6 Å². The number of para-hydroxylation sites is 2. The number of oxazole rings is 1. The van der Waals surface area contributed by atoms with E-state index in [0.29, 0.717) is 16.0 Å². The quantitative estimate of drug-likeness (QED) is 0.727. The van der Waals surface area contributed by atoms with Crippen LogP contribution in [-0.2, 0) is 11.3 Å². The number of alkyl halides is 3. The Morgan fingerprint density at radius 2 is 2.04 bits per heavy atom. The van der Waals surface area contributed by atoms with Gasteiger partial charge < -0.3 is 9.32 Å². The van der Waals surface area contributed by atoms with Crippen LogP contribution in [0.3, 0.4) is 0 Å². The molecule has 8 heteroatoms. The Kier molecular flexibility index (Phi) is 5.48. The fourth-order valence-electron chi connectivity index (χ4n) is 2.40. The Hall–Kier alpha value is -2.51. The molecule has 1 aromatic heterocycles. The van der Waals surface area contributed by atoms with E-state index in [1.807, 2.05) is 0 Å². The van der Waals surface area contributed by atoms with Gasteiger partial charge in [0.15, 0.2) is 5.58 Å². The number of aromatic nitrogens is 1. The number of hydrogen-bond donors (Lipinski definition) is 0. The maximum atomic E-state index is 12.5. The highest BCUT2D eigenvalue weighted by atomic mass is 19.4. The molecular weight excluding hydrogens is 325 g/mol. The number of rotatable bonds is 7. The van der Waals surface area contributed by atoms with Gasteiger partial charge in [-0.2, -0.15) is 13.2 Å². The van der Waals surface area contributed by atoms with Crippen LogP contribution in [0.4, 0.5) is 13.2 Å². The first-order valence-electron chi connectivity index (χ1n) is 7.35. The lowest BCUT2D eigenvalue weighted by Crippen LogP contribution is -2.39. The number of benzene rings is 1. The lowest BCUT2D eigenvalue weighted by Gasteiger charge is -2.22. The number of carbonyl (C=O) groups is 1. The summed E-state index contributed by atoms with van der Waals surface area (Å²) in [5.41, 5.74) is 1.02. The molecule has 1 amide bonds. The van der Waals surface area contributed by atoms with Gasteiger partial charge in [0.2, 0.25) is 5.91 Å². The van der Waals surface area contributed by atoms with Crippen molar-refractivity contribution in [1.29, 1.82) is 0 Å². The average molecular weight is 342 g/mol. The van der Waals surface area contributed by atoms with Crippen LogP contribution in [0.5, 0.6) is 0 Å². The predicted molar refractivity (Wildman–Crippen MR) is 82.5 cm³/mol. The number of fused-ring (bicyclic) bond motifs is 1. The summed E-state index contributed by atoms with van der Waals surface area (Å²) in [6.07, 6.45) is -3.09. The largest absolute Gasteiger partial charge is 0.419 e. The van der Waals surface area contributed by atoms with E-state index in [1.54, 1.807) is 24.3 Å². The average Bonchev–Trinajstić information content (AvgIpc) is 2.81. The predicted octanol–water partition coefficient (Wildman–Crippen LogP) is 2.95. The minimum absolute atomic E-state index is 0.101. The van der Waals surface area contributed by atoms with E-state index in [-0.39, 0.29) is 25.9 Å². The zero-order chi connectivity index (χ0) is 17.7. The van der Waals surface area contributed by atoms with Crippen LogP contribution >= 0.6 is 0 Å². The first-order valence-corrected chi connectivity index (χ1v) is 7.35. The maximum absolute atomic E-state index is 12.5. The Balaban J connectivity index is 1.99. The molecular formula is C16H17F3N2O3. The highest BCUT2D eigenvalue weighted by Gasteiger charge is 2.32. The van der Waals surface area contributed by atoms with Crippen molar-refractivity contribution >= 4 is 17.0 Å². The molecule has 24 heavy (non-hydrogen) atoms. The van der Waals surface area contributed by atoms with Gasteiger partial charge in [0.1, 0.15) is 6.54 Å². The molecule has 0 unspecified atom stereocenters. The van der Waals surface area contributed by atoms with Crippen molar-refractivity contribution in [2.24, 2.45) is 0 Å². The Labute approximate surface area is 136 Å². The normalized spacial score (nSPS) is 11.6. The van der Waals surface area contributed by atoms with Crippen molar-refractivity contribution in [1.82, 2.24) is 9.47 Å². The molecule has 0 saturated heterocycles. The van der Waals surface area contributed by atoms with E-state index in [0.717, 1.165) is 0 Å². The lowest BCUT2D eigenvalue weighted by atomic mass is 10.2. The van der Waals surface area contributed by atoms with Gasteiger partial charge in [-0.3, -0.25) is 9.36 Å². The number of halogens is 3. The molecule has 0 saturated carbocycles. The van der Waals surface area contributed by atoms with Gasteiger partial charge >= 0.3 is 11.9 Å². The van der Waals surface area contributed by atoms with Crippen molar-refractivity contribution < 1.29 is 22.4 Å². The number of amides is 1. The van der Waals surface area contributed by atoms with Crippen molar-refractivity contribution in [3.63, 3.8) is 0 Å². The summed E-state index contributed by atoms with van der Waals surface area (Å²) in [6.45, 7) is 2.06. The third-order valence-electron chi connectivity index (χ3n) is 3.42. The van der Waals surface area contributed by atoms with Gasteiger partial charge in [-0.05, 0) is 18.6 Å². The first kappa shape index (κ1) is 17.8. The molecule has 1 heterocycles. The molecule has 0 N–H and O–H groups in total. The molecule has 1 aromatic carbocycles. The molecule has 0 bridgehead atoms. The van der Waals surface area contributed by atoms with Crippen molar-refractivity contribution in [3.8, 4) is 0 Å². The molecule has 2 aromatic rings. The molecule has 0 radical (unpaired) electrons. The summed E-state index contributed by atoms with van der Waals surface area (Å²) in [5, 5.41) is 0. The summed E-state index contributed by atoms with van der Waals surface area (Å²) in [7, 11) is 0. The number of aryl methyl sites for hydroxylation is 1. The molecule has 2 rings (SSSR count). The SMILES string of the molecule is C=CCN(CC(F)(F)F)C(=O)CCCn1c(=O)oc2ccccc21. The van der Waals surface area contributed by atoms with Gasteiger partial charge in [-0.15, -0.1) is 6.58 Å². The molecule has 0 spiro atoms. The first-order chi connectivity index (χ1) is 11.3. The van der Waals surface area contributed by atoms with Crippen LogP contribution in [0.15, 0.2) is 46.1 Å². The standard InChI is InChI=1S/C16H17F3N2O3/c1-2-9-20(11-16(17,18)19)14(22)8-5-10-21-12-6-3-4-7-13(12)24-15(21)23/h2-4,6-7H,1,5,8-11H2. The second-order valence-corrected chi connectivity index (χ2v) is 5.27. The van der Waals surface area contributed by atoms with E-state index in [9.17, 15) is 22.8 Å². The maximum Gasteiger partial charge on any atom is 0.419 e. The summed E-state index contributed by atoms with van der Waals surface area (Å²) < 4.78 is 43.9. The third kappa shape index (κ3) is 4.50. The molecule has 5 nitrogen and oxygen atoms in total. The Morgan fingerprint density at radius 3 is 2.71 bits per heavy atom. The highest BCUT2D eigenvalue weighted by Crippen LogP contribution is 2.18. The van der Waals surface area contributed by atoms with Crippen LogP contribution < -0.4 is 5.76 Å². The summed E-state index contributed by atoms with van der Waals surface area (Å²) in [6, 6.07) is 6.82. The second kappa shape index (κ2) is 7.37. The minimum atomic E-state index is -4.46. The lowest BCUT2D eigenvalue weighted by molar-refractivity contribution is -0.160. The number of carbonyl (C=O) groups excluding carboxylic acids is 1. The highest BCUT2D eigenvalue weighted by molar-refractivity contribution is 5.76.